The Hall–Kier alpha value is -0.830. The zero-order valence-corrected chi connectivity index (χ0v) is 11.2. The van der Waals surface area contributed by atoms with E-state index in [-0.39, 0.29) is 6.79 Å². The Labute approximate surface area is 105 Å². The second-order valence-electron chi connectivity index (χ2n) is 4.04. The number of carbonyl (C=O) groups is 1. The molecule has 0 atom stereocenters. The van der Waals surface area contributed by atoms with Crippen LogP contribution in [0.4, 0.5) is 0 Å². The molecular formula is C14H26O3. The van der Waals surface area contributed by atoms with Gasteiger partial charge in [-0.2, -0.15) is 0 Å². The molecule has 0 aromatic carbocycles. The van der Waals surface area contributed by atoms with E-state index in [0.29, 0.717) is 12.4 Å². The van der Waals surface area contributed by atoms with Gasteiger partial charge in [-0.05, 0) is 25.8 Å². The second kappa shape index (κ2) is 13.2. The standard InChI is InChI=1S/C14H26O3/c1-3-5-6-7-8-9-10-11-14(12-15)17-13-16-4-2/h11-12H,3-10,13H2,1-2H3. The highest BCUT2D eigenvalue weighted by molar-refractivity contribution is 5.69. The van der Waals surface area contributed by atoms with Gasteiger partial charge >= 0.3 is 0 Å². The summed E-state index contributed by atoms with van der Waals surface area (Å²) in [6.45, 7) is 4.87. The summed E-state index contributed by atoms with van der Waals surface area (Å²) in [7, 11) is 0. The van der Waals surface area contributed by atoms with Gasteiger partial charge in [0.1, 0.15) is 0 Å². The van der Waals surface area contributed by atoms with Crippen LogP contribution < -0.4 is 0 Å². The van der Waals surface area contributed by atoms with Crippen molar-refractivity contribution in [1.82, 2.24) is 0 Å². The van der Waals surface area contributed by atoms with E-state index in [1.54, 1.807) is 0 Å². The third kappa shape index (κ3) is 11.4. The number of aldehydes is 1. The minimum atomic E-state index is 0.164. The summed E-state index contributed by atoms with van der Waals surface area (Å²) >= 11 is 0. The first-order chi connectivity index (χ1) is 8.35. The Balaban J connectivity index is 3.47. The van der Waals surface area contributed by atoms with Crippen LogP contribution in [-0.4, -0.2) is 19.7 Å². The molecule has 3 heteroatoms. The largest absolute Gasteiger partial charge is 0.464 e. The third-order valence-corrected chi connectivity index (χ3v) is 2.53. The van der Waals surface area contributed by atoms with Crippen LogP contribution in [0.1, 0.15) is 58.8 Å². The minimum Gasteiger partial charge on any atom is -0.464 e. The fraction of sp³-hybridized carbons (Fsp3) is 0.786. The van der Waals surface area contributed by atoms with Gasteiger partial charge in [0.05, 0.1) is 0 Å². The maximum absolute atomic E-state index is 10.7. The number of rotatable bonds is 12. The summed E-state index contributed by atoms with van der Waals surface area (Å²) in [4.78, 5) is 10.7. The number of ether oxygens (including phenoxy) is 2. The van der Waals surface area contributed by atoms with Crippen molar-refractivity contribution in [3.05, 3.63) is 11.8 Å². The van der Waals surface area contributed by atoms with E-state index < -0.39 is 0 Å². The van der Waals surface area contributed by atoms with Gasteiger partial charge in [0.25, 0.3) is 0 Å². The molecule has 3 nitrogen and oxygen atoms in total. The average molecular weight is 242 g/mol. The molecule has 0 aliphatic carbocycles. The zero-order valence-electron chi connectivity index (χ0n) is 11.2. The normalized spacial score (nSPS) is 11.5. The maximum atomic E-state index is 10.7. The topological polar surface area (TPSA) is 35.5 Å². The van der Waals surface area contributed by atoms with Gasteiger partial charge in [0.15, 0.2) is 18.8 Å². The lowest BCUT2D eigenvalue weighted by atomic mass is 10.1. The van der Waals surface area contributed by atoms with E-state index in [1.165, 1.54) is 32.1 Å². The SMILES string of the molecule is CCCCCCCCC=C(C=O)OCOCC. The molecule has 0 aliphatic rings. The molecule has 0 radical (unpaired) electrons. The number of hydrogen-bond donors (Lipinski definition) is 0. The molecule has 0 aromatic rings. The van der Waals surface area contributed by atoms with Gasteiger partial charge in [0.2, 0.25) is 0 Å². The highest BCUT2D eigenvalue weighted by atomic mass is 16.7. The lowest BCUT2D eigenvalue weighted by Gasteiger charge is -2.04. The molecule has 17 heavy (non-hydrogen) atoms. The number of carbonyl (C=O) groups excluding carboxylic acids is 1. The van der Waals surface area contributed by atoms with E-state index >= 15 is 0 Å². The lowest BCUT2D eigenvalue weighted by Crippen LogP contribution is -2.00. The van der Waals surface area contributed by atoms with E-state index in [4.69, 9.17) is 9.47 Å². The monoisotopic (exact) mass is 242 g/mol. The van der Waals surface area contributed by atoms with E-state index in [1.807, 2.05) is 13.0 Å². The van der Waals surface area contributed by atoms with E-state index in [0.717, 1.165) is 19.1 Å². The van der Waals surface area contributed by atoms with Crippen LogP contribution in [0.2, 0.25) is 0 Å². The Bertz CT molecular complexity index is 200. The van der Waals surface area contributed by atoms with Crippen LogP contribution >= 0.6 is 0 Å². The Morgan fingerprint density at radius 1 is 1.06 bits per heavy atom. The van der Waals surface area contributed by atoms with Crippen molar-refractivity contribution >= 4 is 6.29 Å². The van der Waals surface area contributed by atoms with Crippen molar-refractivity contribution in [2.45, 2.75) is 58.8 Å². The van der Waals surface area contributed by atoms with Crippen molar-refractivity contribution in [2.75, 3.05) is 13.4 Å². The molecule has 0 amide bonds. The van der Waals surface area contributed by atoms with E-state index in [9.17, 15) is 4.79 Å². The summed E-state index contributed by atoms with van der Waals surface area (Å²) in [5.74, 6) is 0.395. The van der Waals surface area contributed by atoms with Crippen molar-refractivity contribution in [1.29, 1.82) is 0 Å². The Kier molecular flexibility index (Phi) is 12.6. The average Bonchev–Trinajstić information content (AvgIpc) is 2.35. The van der Waals surface area contributed by atoms with Crippen LogP contribution in [0.5, 0.6) is 0 Å². The molecule has 0 aliphatic heterocycles. The number of unbranched alkanes of at least 4 members (excludes halogenated alkanes) is 6. The number of allylic oxidation sites excluding steroid dienone is 2. The van der Waals surface area contributed by atoms with Crippen molar-refractivity contribution in [3.8, 4) is 0 Å². The summed E-state index contributed by atoms with van der Waals surface area (Å²) in [6, 6.07) is 0. The summed E-state index contributed by atoms with van der Waals surface area (Å²) in [6.07, 6.45) is 11.1. The maximum Gasteiger partial charge on any atom is 0.189 e. The van der Waals surface area contributed by atoms with Crippen molar-refractivity contribution in [2.24, 2.45) is 0 Å². The van der Waals surface area contributed by atoms with Gasteiger partial charge in [-0.3, -0.25) is 4.79 Å². The first-order valence-electron chi connectivity index (χ1n) is 6.71. The van der Waals surface area contributed by atoms with Gasteiger partial charge in [-0.25, -0.2) is 0 Å². The quantitative estimate of drug-likeness (QED) is 0.171. The zero-order chi connectivity index (χ0) is 12.8. The van der Waals surface area contributed by atoms with Crippen LogP contribution in [0.3, 0.4) is 0 Å². The van der Waals surface area contributed by atoms with Gasteiger partial charge in [-0.15, -0.1) is 0 Å². The van der Waals surface area contributed by atoms with Crippen LogP contribution in [-0.2, 0) is 14.3 Å². The first kappa shape index (κ1) is 16.2. The van der Waals surface area contributed by atoms with Gasteiger partial charge < -0.3 is 9.47 Å². The molecule has 0 spiro atoms. The summed E-state index contributed by atoms with van der Waals surface area (Å²) in [5.41, 5.74) is 0. The predicted octanol–water partition coefficient (Wildman–Crippen LogP) is 3.83. The molecule has 0 bridgehead atoms. The molecule has 0 N–H and O–H groups in total. The fourth-order valence-electron chi connectivity index (χ4n) is 1.50. The Morgan fingerprint density at radius 3 is 2.41 bits per heavy atom. The van der Waals surface area contributed by atoms with Crippen LogP contribution in [0.15, 0.2) is 11.8 Å². The van der Waals surface area contributed by atoms with Crippen LogP contribution in [0.25, 0.3) is 0 Å². The summed E-state index contributed by atoms with van der Waals surface area (Å²) in [5, 5.41) is 0. The van der Waals surface area contributed by atoms with E-state index in [2.05, 4.69) is 6.92 Å². The molecular weight excluding hydrogens is 216 g/mol. The molecule has 0 rings (SSSR count). The first-order valence-corrected chi connectivity index (χ1v) is 6.71. The molecule has 0 saturated carbocycles. The molecule has 0 saturated heterocycles. The molecule has 0 aromatic heterocycles. The predicted molar refractivity (Wildman–Crippen MR) is 69.7 cm³/mol. The van der Waals surface area contributed by atoms with Crippen molar-refractivity contribution < 1.29 is 14.3 Å². The molecule has 0 unspecified atom stereocenters. The highest BCUT2D eigenvalue weighted by Gasteiger charge is 1.95. The van der Waals surface area contributed by atoms with Crippen LogP contribution in [0, 0.1) is 0 Å². The second-order valence-corrected chi connectivity index (χ2v) is 4.04. The smallest absolute Gasteiger partial charge is 0.189 e. The summed E-state index contributed by atoms with van der Waals surface area (Å²) < 4.78 is 10.2. The third-order valence-electron chi connectivity index (χ3n) is 2.53. The minimum absolute atomic E-state index is 0.164. The Morgan fingerprint density at radius 2 is 1.76 bits per heavy atom. The lowest BCUT2D eigenvalue weighted by molar-refractivity contribution is -0.110. The fourth-order valence-corrected chi connectivity index (χ4v) is 1.50. The van der Waals surface area contributed by atoms with Crippen molar-refractivity contribution in [3.63, 3.8) is 0 Å². The number of hydrogen-bond acceptors (Lipinski definition) is 3. The van der Waals surface area contributed by atoms with Gasteiger partial charge in [-0.1, -0.05) is 39.0 Å². The highest BCUT2D eigenvalue weighted by Crippen LogP contribution is 2.08. The molecule has 0 fully saturated rings. The molecule has 100 valence electrons. The van der Waals surface area contributed by atoms with Gasteiger partial charge in [0, 0.05) is 6.61 Å². The molecule has 0 heterocycles.